The molecule has 1 aromatic carbocycles. The summed E-state index contributed by atoms with van der Waals surface area (Å²) in [6.07, 6.45) is 2.65. The van der Waals surface area contributed by atoms with Gasteiger partial charge in [-0.05, 0) is 57.7 Å². The standard InChI is InChI=1S/C17H23ClN2O3/c1-3-20(4-2)15(21)13-8-7-12(11-14(13)18)19-16(22)17(23)9-5-6-10-17/h7-8,11,23H,3-6,9-10H2,1-2H3,(H,19,22). The number of aliphatic hydroxyl groups is 1. The van der Waals surface area contributed by atoms with Crippen LogP contribution in [0.5, 0.6) is 0 Å². The van der Waals surface area contributed by atoms with Crippen LogP contribution in [0.15, 0.2) is 18.2 Å². The van der Waals surface area contributed by atoms with Gasteiger partial charge in [-0.1, -0.05) is 11.6 Å². The molecule has 2 amide bonds. The smallest absolute Gasteiger partial charge is 0.256 e. The van der Waals surface area contributed by atoms with E-state index in [1.807, 2.05) is 13.8 Å². The van der Waals surface area contributed by atoms with Crippen LogP contribution in [0.3, 0.4) is 0 Å². The van der Waals surface area contributed by atoms with Gasteiger partial charge < -0.3 is 15.3 Å². The van der Waals surface area contributed by atoms with Crippen molar-refractivity contribution in [3.63, 3.8) is 0 Å². The van der Waals surface area contributed by atoms with E-state index < -0.39 is 11.5 Å². The number of hydrogen-bond acceptors (Lipinski definition) is 3. The molecule has 5 nitrogen and oxygen atoms in total. The van der Waals surface area contributed by atoms with E-state index in [1.54, 1.807) is 23.1 Å². The molecule has 0 radical (unpaired) electrons. The number of benzene rings is 1. The average molecular weight is 339 g/mol. The Balaban J connectivity index is 2.13. The second-order valence-electron chi connectivity index (χ2n) is 5.86. The molecular weight excluding hydrogens is 316 g/mol. The molecule has 126 valence electrons. The number of nitrogens with zero attached hydrogens (tertiary/aromatic N) is 1. The Morgan fingerprint density at radius 1 is 1.26 bits per heavy atom. The first-order valence-corrected chi connectivity index (χ1v) is 8.41. The maximum absolute atomic E-state index is 12.3. The summed E-state index contributed by atoms with van der Waals surface area (Å²) in [7, 11) is 0. The molecule has 0 atom stereocenters. The Kier molecular flexibility index (Phi) is 5.65. The number of halogens is 1. The molecule has 0 saturated heterocycles. The summed E-state index contributed by atoms with van der Waals surface area (Å²) in [5, 5.41) is 13.2. The van der Waals surface area contributed by atoms with E-state index in [-0.39, 0.29) is 10.9 Å². The van der Waals surface area contributed by atoms with Gasteiger partial charge in [-0.25, -0.2) is 0 Å². The zero-order valence-electron chi connectivity index (χ0n) is 13.6. The van der Waals surface area contributed by atoms with Crippen molar-refractivity contribution < 1.29 is 14.7 Å². The van der Waals surface area contributed by atoms with Crippen LogP contribution in [0, 0.1) is 0 Å². The lowest BCUT2D eigenvalue weighted by molar-refractivity contribution is -0.133. The van der Waals surface area contributed by atoms with Crippen molar-refractivity contribution in [1.82, 2.24) is 4.90 Å². The maximum Gasteiger partial charge on any atom is 0.256 e. The van der Waals surface area contributed by atoms with Crippen molar-refractivity contribution in [2.75, 3.05) is 18.4 Å². The maximum atomic E-state index is 12.3. The van der Waals surface area contributed by atoms with E-state index in [0.29, 0.717) is 37.2 Å². The summed E-state index contributed by atoms with van der Waals surface area (Å²) < 4.78 is 0. The molecule has 0 aliphatic heterocycles. The Hall–Kier alpha value is -1.59. The van der Waals surface area contributed by atoms with Gasteiger partial charge in [0.05, 0.1) is 10.6 Å². The Morgan fingerprint density at radius 3 is 2.39 bits per heavy atom. The van der Waals surface area contributed by atoms with Gasteiger partial charge in [-0.15, -0.1) is 0 Å². The topological polar surface area (TPSA) is 69.6 Å². The van der Waals surface area contributed by atoms with Crippen LogP contribution in [0.25, 0.3) is 0 Å². The van der Waals surface area contributed by atoms with E-state index >= 15 is 0 Å². The van der Waals surface area contributed by atoms with Gasteiger partial charge in [-0.3, -0.25) is 9.59 Å². The molecular formula is C17H23ClN2O3. The molecule has 2 rings (SSSR count). The number of hydrogen-bond donors (Lipinski definition) is 2. The SMILES string of the molecule is CCN(CC)C(=O)c1ccc(NC(=O)C2(O)CCCC2)cc1Cl. The van der Waals surface area contributed by atoms with Crippen LogP contribution in [0.2, 0.25) is 5.02 Å². The average Bonchev–Trinajstić information content (AvgIpc) is 2.96. The number of amides is 2. The lowest BCUT2D eigenvalue weighted by Crippen LogP contribution is -2.40. The number of carbonyl (C=O) groups is 2. The Bertz CT molecular complexity index is 594. The molecule has 1 saturated carbocycles. The summed E-state index contributed by atoms with van der Waals surface area (Å²) in [6.45, 7) is 5.03. The van der Waals surface area contributed by atoms with Gasteiger partial charge in [0.1, 0.15) is 5.60 Å². The van der Waals surface area contributed by atoms with Crippen molar-refractivity contribution in [3.8, 4) is 0 Å². The minimum atomic E-state index is -1.29. The van der Waals surface area contributed by atoms with Gasteiger partial charge in [-0.2, -0.15) is 0 Å². The van der Waals surface area contributed by atoms with Gasteiger partial charge in [0.2, 0.25) is 0 Å². The van der Waals surface area contributed by atoms with Crippen LogP contribution in [0.4, 0.5) is 5.69 Å². The van der Waals surface area contributed by atoms with Gasteiger partial charge in [0.25, 0.3) is 11.8 Å². The molecule has 6 heteroatoms. The molecule has 23 heavy (non-hydrogen) atoms. The lowest BCUT2D eigenvalue weighted by Gasteiger charge is -2.22. The zero-order valence-corrected chi connectivity index (χ0v) is 14.3. The molecule has 1 aromatic rings. The summed E-state index contributed by atoms with van der Waals surface area (Å²) >= 11 is 6.20. The zero-order chi connectivity index (χ0) is 17.0. The van der Waals surface area contributed by atoms with Gasteiger partial charge in [0.15, 0.2) is 0 Å². The first-order chi connectivity index (χ1) is 10.9. The van der Waals surface area contributed by atoms with E-state index in [2.05, 4.69) is 5.32 Å². The van der Waals surface area contributed by atoms with E-state index in [0.717, 1.165) is 12.8 Å². The molecule has 0 heterocycles. The van der Waals surface area contributed by atoms with Crippen molar-refractivity contribution in [3.05, 3.63) is 28.8 Å². The highest BCUT2D eigenvalue weighted by molar-refractivity contribution is 6.34. The first kappa shape index (κ1) is 17.8. The van der Waals surface area contributed by atoms with E-state index in [4.69, 9.17) is 11.6 Å². The van der Waals surface area contributed by atoms with Gasteiger partial charge in [0, 0.05) is 18.8 Å². The number of anilines is 1. The second kappa shape index (κ2) is 7.32. The molecule has 0 spiro atoms. The summed E-state index contributed by atoms with van der Waals surface area (Å²) in [6, 6.07) is 4.80. The van der Waals surface area contributed by atoms with Gasteiger partial charge >= 0.3 is 0 Å². The van der Waals surface area contributed by atoms with Crippen molar-refractivity contribution in [2.24, 2.45) is 0 Å². The number of nitrogens with one attached hydrogen (secondary N) is 1. The largest absolute Gasteiger partial charge is 0.380 e. The van der Waals surface area contributed by atoms with Crippen LogP contribution >= 0.6 is 11.6 Å². The highest BCUT2D eigenvalue weighted by Crippen LogP contribution is 2.31. The minimum absolute atomic E-state index is 0.132. The predicted molar refractivity (Wildman–Crippen MR) is 90.8 cm³/mol. The minimum Gasteiger partial charge on any atom is -0.380 e. The predicted octanol–water partition coefficient (Wildman–Crippen LogP) is 3.07. The monoisotopic (exact) mass is 338 g/mol. The molecule has 1 aliphatic rings. The number of rotatable bonds is 5. The van der Waals surface area contributed by atoms with E-state index in [1.165, 1.54) is 0 Å². The third kappa shape index (κ3) is 3.85. The first-order valence-electron chi connectivity index (χ1n) is 8.04. The second-order valence-corrected chi connectivity index (χ2v) is 6.27. The fraction of sp³-hybridized carbons (Fsp3) is 0.529. The highest BCUT2D eigenvalue weighted by atomic mass is 35.5. The fourth-order valence-corrected chi connectivity index (χ4v) is 3.14. The van der Waals surface area contributed by atoms with E-state index in [9.17, 15) is 14.7 Å². The molecule has 0 aromatic heterocycles. The normalized spacial score (nSPS) is 16.2. The van der Waals surface area contributed by atoms with Crippen molar-refractivity contribution in [2.45, 2.75) is 45.1 Å². The van der Waals surface area contributed by atoms with Crippen LogP contribution in [-0.4, -0.2) is 40.5 Å². The fourth-order valence-electron chi connectivity index (χ4n) is 2.88. The molecule has 1 aliphatic carbocycles. The molecule has 0 unspecified atom stereocenters. The lowest BCUT2D eigenvalue weighted by atomic mass is 10.0. The Morgan fingerprint density at radius 2 is 1.87 bits per heavy atom. The molecule has 1 fully saturated rings. The van der Waals surface area contributed by atoms with Crippen molar-refractivity contribution >= 4 is 29.1 Å². The van der Waals surface area contributed by atoms with Crippen LogP contribution in [0.1, 0.15) is 49.9 Å². The summed E-state index contributed by atoms with van der Waals surface area (Å²) in [5.41, 5.74) is -0.397. The van der Waals surface area contributed by atoms with Crippen LogP contribution < -0.4 is 5.32 Å². The van der Waals surface area contributed by atoms with Crippen molar-refractivity contribution in [1.29, 1.82) is 0 Å². The Labute approximate surface area is 141 Å². The highest BCUT2D eigenvalue weighted by Gasteiger charge is 2.38. The van der Waals surface area contributed by atoms with Crippen LogP contribution in [-0.2, 0) is 4.79 Å². The summed E-state index contributed by atoms with van der Waals surface area (Å²) in [4.78, 5) is 26.2. The quantitative estimate of drug-likeness (QED) is 0.866. The number of carbonyl (C=O) groups excluding carboxylic acids is 2. The third-order valence-corrected chi connectivity index (χ3v) is 4.67. The third-order valence-electron chi connectivity index (χ3n) is 4.36. The molecule has 0 bridgehead atoms. The summed E-state index contributed by atoms with van der Waals surface area (Å²) in [5.74, 6) is -0.541. The molecule has 2 N–H and O–H groups in total.